The Hall–Kier alpha value is -2.54. The third kappa shape index (κ3) is 2.30. The van der Waals surface area contributed by atoms with Crippen molar-refractivity contribution in [3.05, 3.63) is 58.4 Å². The van der Waals surface area contributed by atoms with Crippen LogP contribution in [0.15, 0.2) is 52.9 Å². The van der Waals surface area contributed by atoms with Crippen LogP contribution < -0.4 is 0 Å². The minimum atomic E-state index is -0.223. The van der Waals surface area contributed by atoms with Crippen LogP contribution in [0.4, 0.5) is 0 Å². The number of allylic oxidation sites excluding steroid dienone is 3. The molecule has 0 spiro atoms. The van der Waals surface area contributed by atoms with Crippen molar-refractivity contribution >= 4 is 5.78 Å². The summed E-state index contributed by atoms with van der Waals surface area (Å²) in [5.74, 6) is -0.223. The molecule has 4 nitrogen and oxygen atoms in total. The molecular formula is C16H17N3O. The van der Waals surface area contributed by atoms with Crippen LogP contribution in [0.2, 0.25) is 0 Å². The van der Waals surface area contributed by atoms with Crippen LogP contribution in [-0.2, 0) is 0 Å². The summed E-state index contributed by atoms with van der Waals surface area (Å²) in [6.45, 7) is 0. The first kappa shape index (κ1) is 13.9. The zero-order chi connectivity index (χ0) is 14.9. The van der Waals surface area contributed by atoms with Gasteiger partial charge in [-0.2, -0.15) is 5.26 Å². The van der Waals surface area contributed by atoms with E-state index in [0.717, 1.165) is 17.0 Å². The third-order valence-electron chi connectivity index (χ3n) is 3.15. The minimum Gasteiger partial charge on any atom is -0.375 e. The molecule has 0 atom stereocenters. The Morgan fingerprint density at radius 3 is 1.90 bits per heavy atom. The van der Waals surface area contributed by atoms with Crippen molar-refractivity contribution in [3.63, 3.8) is 0 Å². The molecule has 0 aromatic heterocycles. The first-order chi connectivity index (χ1) is 9.49. The number of carbonyl (C=O) groups is 1. The lowest BCUT2D eigenvalue weighted by Crippen LogP contribution is -2.07. The number of ketones is 1. The van der Waals surface area contributed by atoms with E-state index in [9.17, 15) is 10.1 Å². The molecule has 0 bridgehead atoms. The standard InChI is InChI=1S/C16H17N3O/c1-18(2)14-13(15(14)19(3)4)12(10-17)16(20)11-8-6-5-7-9-11/h5-9H,1-4H3. The fourth-order valence-electron chi connectivity index (χ4n) is 2.23. The fourth-order valence-corrected chi connectivity index (χ4v) is 2.23. The molecule has 0 fully saturated rings. The summed E-state index contributed by atoms with van der Waals surface area (Å²) < 4.78 is 0. The number of benzene rings is 1. The van der Waals surface area contributed by atoms with Crippen molar-refractivity contribution < 1.29 is 4.79 Å². The average molecular weight is 267 g/mol. The van der Waals surface area contributed by atoms with Gasteiger partial charge >= 0.3 is 0 Å². The van der Waals surface area contributed by atoms with Gasteiger partial charge in [0.05, 0.1) is 11.4 Å². The molecule has 1 aliphatic rings. The van der Waals surface area contributed by atoms with E-state index in [1.165, 1.54) is 0 Å². The van der Waals surface area contributed by atoms with Crippen molar-refractivity contribution in [2.45, 2.75) is 0 Å². The topological polar surface area (TPSA) is 47.3 Å². The van der Waals surface area contributed by atoms with Gasteiger partial charge in [0.1, 0.15) is 11.6 Å². The molecule has 2 rings (SSSR count). The summed E-state index contributed by atoms with van der Waals surface area (Å²) in [6, 6.07) is 11.0. The van der Waals surface area contributed by atoms with E-state index in [0.29, 0.717) is 5.56 Å². The smallest absolute Gasteiger partial charge is 0.204 e. The lowest BCUT2D eigenvalue weighted by atomic mass is 10.0. The minimum absolute atomic E-state index is 0.212. The number of hydrogen-bond donors (Lipinski definition) is 0. The number of Topliss-reactive ketones (excluding diaryl/α,β-unsaturated/α-hetero) is 1. The lowest BCUT2D eigenvalue weighted by molar-refractivity contribution is 0.103. The maximum atomic E-state index is 12.4. The highest BCUT2D eigenvalue weighted by Gasteiger charge is 2.38. The molecule has 0 heterocycles. The normalized spacial score (nSPS) is 12.8. The van der Waals surface area contributed by atoms with Crippen LogP contribution in [0.5, 0.6) is 0 Å². The molecule has 102 valence electrons. The van der Waals surface area contributed by atoms with Crippen LogP contribution in [-0.4, -0.2) is 43.8 Å². The van der Waals surface area contributed by atoms with E-state index in [4.69, 9.17) is 0 Å². The maximum Gasteiger partial charge on any atom is 0.204 e. The highest BCUT2D eigenvalue weighted by Crippen LogP contribution is 2.43. The number of rotatable bonds is 4. The molecule has 1 aliphatic carbocycles. The summed E-state index contributed by atoms with van der Waals surface area (Å²) in [6.07, 6.45) is 0. The molecule has 20 heavy (non-hydrogen) atoms. The van der Waals surface area contributed by atoms with Gasteiger partial charge in [-0.15, -0.1) is 0 Å². The molecule has 0 saturated carbocycles. The van der Waals surface area contributed by atoms with Crippen molar-refractivity contribution in [2.24, 2.45) is 0 Å². The van der Waals surface area contributed by atoms with Gasteiger partial charge in [0.15, 0.2) is 0 Å². The average Bonchev–Trinajstić information content (AvgIpc) is 3.16. The van der Waals surface area contributed by atoms with Gasteiger partial charge in [-0.1, -0.05) is 30.3 Å². The van der Waals surface area contributed by atoms with E-state index in [1.807, 2.05) is 44.1 Å². The van der Waals surface area contributed by atoms with Crippen LogP contribution in [0.25, 0.3) is 0 Å². The van der Waals surface area contributed by atoms with Gasteiger partial charge in [-0.25, -0.2) is 0 Å². The van der Waals surface area contributed by atoms with Crippen molar-refractivity contribution in [2.75, 3.05) is 28.2 Å². The van der Waals surface area contributed by atoms with Gasteiger partial charge in [-0.05, 0) is 0 Å². The Morgan fingerprint density at radius 2 is 1.50 bits per heavy atom. The monoisotopic (exact) mass is 267 g/mol. The predicted octanol–water partition coefficient (Wildman–Crippen LogP) is 2.04. The highest BCUT2D eigenvalue weighted by atomic mass is 16.1. The number of nitrogens with zero attached hydrogens (tertiary/aromatic N) is 3. The Kier molecular flexibility index (Phi) is 3.62. The Bertz CT molecular complexity index is 626. The van der Waals surface area contributed by atoms with Gasteiger partial charge in [-0.3, -0.25) is 4.79 Å². The molecule has 1 aromatic carbocycles. The van der Waals surface area contributed by atoms with Crippen molar-refractivity contribution in [1.29, 1.82) is 5.26 Å². The first-order valence-corrected chi connectivity index (χ1v) is 6.32. The van der Waals surface area contributed by atoms with Gasteiger partial charge < -0.3 is 9.80 Å². The van der Waals surface area contributed by atoms with E-state index < -0.39 is 0 Å². The molecule has 1 aromatic rings. The van der Waals surface area contributed by atoms with E-state index in [2.05, 4.69) is 6.07 Å². The molecule has 0 aliphatic heterocycles. The Balaban J connectivity index is 2.43. The van der Waals surface area contributed by atoms with Crippen LogP contribution in [0.1, 0.15) is 10.4 Å². The third-order valence-corrected chi connectivity index (χ3v) is 3.15. The summed E-state index contributed by atoms with van der Waals surface area (Å²) in [4.78, 5) is 16.3. The summed E-state index contributed by atoms with van der Waals surface area (Å²) in [7, 11) is 7.64. The molecule has 0 amide bonds. The lowest BCUT2D eigenvalue weighted by Gasteiger charge is -2.05. The van der Waals surface area contributed by atoms with Gasteiger partial charge in [0, 0.05) is 39.3 Å². The second kappa shape index (κ2) is 5.22. The van der Waals surface area contributed by atoms with Crippen LogP contribution in [0.3, 0.4) is 0 Å². The van der Waals surface area contributed by atoms with Crippen LogP contribution >= 0.6 is 0 Å². The van der Waals surface area contributed by atoms with E-state index in [-0.39, 0.29) is 11.4 Å². The van der Waals surface area contributed by atoms with E-state index in [1.54, 1.807) is 24.3 Å². The van der Waals surface area contributed by atoms with E-state index >= 15 is 0 Å². The second-order valence-electron chi connectivity index (χ2n) is 5.04. The number of likely N-dealkylation sites (N-methyl/N-ethyl adjacent to an activating group) is 2. The quantitative estimate of drug-likeness (QED) is 0.476. The molecular weight excluding hydrogens is 250 g/mol. The predicted molar refractivity (Wildman–Crippen MR) is 77.8 cm³/mol. The Morgan fingerprint density at radius 1 is 1.00 bits per heavy atom. The molecule has 0 N–H and O–H groups in total. The van der Waals surface area contributed by atoms with Crippen molar-refractivity contribution in [1.82, 2.24) is 9.80 Å². The summed E-state index contributed by atoms with van der Waals surface area (Å²) >= 11 is 0. The summed E-state index contributed by atoms with van der Waals surface area (Å²) in [5, 5.41) is 9.37. The Labute approximate surface area is 119 Å². The summed E-state index contributed by atoms with van der Waals surface area (Å²) in [5.41, 5.74) is 3.42. The molecule has 4 heteroatoms. The highest BCUT2D eigenvalue weighted by molar-refractivity contribution is 6.13. The molecule has 0 saturated heterocycles. The molecule has 0 radical (unpaired) electrons. The zero-order valence-electron chi connectivity index (χ0n) is 12.1. The van der Waals surface area contributed by atoms with Crippen molar-refractivity contribution in [3.8, 4) is 6.07 Å². The molecule has 0 unspecified atom stereocenters. The number of nitriles is 1. The van der Waals surface area contributed by atoms with Gasteiger partial charge in [0.25, 0.3) is 0 Å². The second-order valence-corrected chi connectivity index (χ2v) is 5.04. The number of hydrogen-bond acceptors (Lipinski definition) is 4. The zero-order valence-corrected chi connectivity index (χ0v) is 12.1. The van der Waals surface area contributed by atoms with Gasteiger partial charge in [0.2, 0.25) is 5.78 Å². The number of carbonyl (C=O) groups excluding carboxylic acids is 1. The fraction of sp³-hybridized carbons (Fsp3) is 0.250. The first-order valence-electron chi connectivity index (χ1n) is 6.32. The largest absolute Gasteiger partial charge is 0.375 e. The van der Waals surface area contributed by atoms with Crippen LogP contribution in [0, 0.1) is 11.3 Å². The SMILES string of the molecule is CN(C)C1=C(N(C)C)C1=C(C#N)C(=O)c1ccccc1. The maximum absolute atomic E-state index is 12.4.